The number of rotatable bonds is 2. The lowest BCUT2D eigenvalue weighted by molar-refractivity contribution is -0.116. The minimum Gasteiger partial charge on any atom is -0.300 e. The van der Waals surface area contributed by atoms with Crippen LogP contribution in [0.15, 0.2) is 18.2 Å². The van der Waals surface area contributed by atoms with Gasteiger partial charge in [0.15, 0.2) is 5.69 Å². The van der Waals surface area contributed by atoms with E-state index < -0.39 is 0 Å². The second-order valence-corrected chi connectivity index (χ2v) is 3.07. The molecule has 13 heavy (non-hydrogen) atoms. The topological polar surface area (TPSA) is 21.4 Å². The van der Waals surface area contributed by atoms with Gasteiger partial charge in [0.05, 0.1) is 6.57 Å². The fourth-order valence-corrected chi connectivity index (χ4v) is 1.29. The molecule has 0 heterocycles. The van der Waals surface area contributed by atoms with Crippen molar-refractivity contribution in [2.24, 2.45) is 0 Å². The Kier molecular flexibility index (Phi) is 2.81. The zero-order valence-corrected chi connectivity index (χ0v) is 7.79. The molecule has 0 N–H and O–H groups in total. The Labute approximate surface area is 78.0 Å². The summed E-state index contributed by atoms with van der Waals surface area (Å²) in [4.78, 5) is 14.3. The van der Waals surface area contributed by atoms with Crippen LogP contribution in [0.4, 0.5) is 5.69 Å². The molecule has 0 fully saturated rings. The van der Waals surface area contributed by atoms with E-state index in [-0.39, 0.29) is 5.78 Å². The Bertz CT molecular complexity index is 374. The highest BCUT2D eigenvalue weighted by Gasteiger charge is 2.06. The molecule has 0 saturated carbocycles. The number of para-hydroxylation sites is 1. The molecule has 0 unspecified atom stereocenters. The van der Waals surface area contributed by atoms with Crippen LogP contribution in [0.3, 0.4) is 0 Å². The van der Waals surface area contributed by atoms with Crippen molar-refractivity contribution in [3.8, 4) is 0 Å². The highest BCUT2D eigenvalue weighted by atomic mass is 16.1. The van der Waals surface area contributed by atoms with Gasteiger partial charge in [0.25, 0.3) is 0 Å². The Morgan fingerprint density at radius 1 is 1.54 bits per heavy atom. The molecule has 66 valence electrons. The lowest BCUT2D eigenvalue weighted by Gasteiger charge is -2.03. The predicted octanol–water partition coefficient (Wildman–Crippen LogP) is 2.68. The second-order valence-electron chi connectivity index (χ2n) is 3.07. The van der Waals surface area contributed by atoms with Crippen LogP contribution in [-0.2, 0) is 11.2 Å². The SMILES string of the molecule is [C-]#[N+]c1c(C)cccc1CC(C)=O. The van der Waals surface area contributed by atoms with Gasteiger partial charge in [-0.05, 0) is 25.0 Å². The van der Waals surface area contributed by atoms with Gasteiger partial charge in [-0.3, -0.25) is 4.79 Å². The molecule has 0 amide bonds. The zero-order chi connectivity index (χ0) is 9.84. The van der Waals surface area contributed by atoms with Crippen molar-refractivity contribution in [1.82, 2.24) is 0 Å². The average molecular weight is 173 g/mol. The molecule has 0 aliphatic carbocycles. The number of ketones is 1. The lowest BCUT2D eigenvalue weighted by Crippen LogP contribution is -1.96. The van der Waals surface area contributed by atoms with Gasteiger partial charge in [0.2, 0.25) is 0 Å². The van der Waals surface area contributed by atoms with E-state index in [0.717, 1.165) is 11.1 Å². The molecule has 0 aliphatic heterocycles. The average Bonchev–Trinajstić information content (AvgIpc) is 2.03. The largest absolute Gasteiger partial charge is 0.300 e. The molecular formula is C11H11NO. The number of carbonyl (C=O) groups excluding carboxylic acids is 1. The van der Waals surface area contributed by atoms with Crippen molar-refractivity contribution in [3.05, 3.63) is 40.7 Å². The highest BCUT2D eigenvalue weighted by Crippen LogP contribution is 2.24. The number of hydrogen-bond donors (Lipinski definition) is 0. The van der Waals surface area contributed by atoms with E-state index >= 15 is 0 Å². The Hall–Kier alpha value is -1.62. The van der Waals surface area contributed by atoms with Crippen LogP contribution in [0.1, 0.15) is 18.1 Å². The third kappa shape index (κ3) is 2.16. The van der Waals surface area contributed by atoms with Crippen molar-refractivity contribution >= 4 is 11.5 Å². The number of hydrogen-bond acceptors (Lipinski definition) is 1. The van der Waals surface area contributed by atoms with E-state index in [1.807, 2.05) is 25.1 Å². The maximum absolute atomic E-state index is 10.9. The van der Waals surface area contributed by atoms with Gasteiger partial charge in [-0.1, -0.05) is 18.2 Å². The summed E-state index contributed by atoms with van der Waals surface area (Å²) in [6.07, 6.45) is 0.361. The molecule has 0 spiro atoms. The van der Waals surface area contributed by atoms with Gasteiger partial charge in [0.1, 0.15) is 5.78 Å². The molecule has 0 aromatic heterocycles. The van der Waals surface area contributed by atoms with Crippen LogP contribution in [0.5, 0.6) is 0 Å². The van der Waals surface area contributed by atoms with Gasteiger partial charge in [-0.15, -0.1) is 0 Å². The van der Waals surface area contributed by atoms with E-state index in [9.17, 15) is 4.79 Å². The number of nitrogens with zero attached hydrogens (tertiary/aromatic N) is 1. The summed E-state index contributed by atoms with van der Waals surface area (Å²) in [5, 5.41) is 0. The fraction of sp³-hybridized carbons (Fsp3) is 0.273. The van der Waals surface area contributed by atoms with Crippen molar-refractivity contribution in [3.63, 3.8) is 0 Å². The van der Waals surface area contributed by atoms with Crippen LogP contribution in [0.25, 0.3) is 4.85 Å². The summed E-state index contributed by atoms with van der Waals surface area (Å²) in [5.41, 5.74) is 2.40. The molecule has 0 radical (unpaired) electrons. The van der Waals surface area contributed by atoms with E-state index in [2.05, 4.69) is 4.85 Å². The van der Waals surface area contributed by atoms with Gasteiger partial charge in [-0.2, -0.15) is 0 Å². The first-order chi connectivity index (χ1) is 6.15. The lowest BCUT2D eigenvalue weighted by atomic mass is 10.0. The van der Waals surface area contributed by atoms with Gasteiger partial charge >= 0.3 is 0 Å². The Balaban J connectivity index is 3.14. The van der Waals surface area contributed by atoms with Crippen molar-refractivity contribution < 1.29 is 4.79 Å². The maximum atomic E-state index is 10.9. The Morgan fingerprint density at radius 3 is 2.77 bits per heavy atom. The summed E-state index contributed by atoms with van der Waals surface area (Å²) in [6.45, 7) is 10.4. The number of benzene rings is 1. The molecular weight excluding hydrogens is 162 g/mol. The van der Waals surface area contributed by atoms with E-state index in [0.29, 0.717) is 12.1 Å². The third-order valence-corrected chi connectivity index (χ3v) is 1.87. The predicted molar refractivity (Wildman–Crippen MR) is 51.8 cm³/mol. The molecule has 2 heteroatoms. The van der Waals surface area contributed by atoms with E-state index in [1.54, 1.807) is 0 Å². The van der Waals surface area contributed by atoms with Crippen LogP contribution in [-0.4, -0.2) is 5.78 Å². The summed E-state index contributed by atoms with van der Waals surface area (Å²) in [7, 11) is 0. The van der Waals surface area contributed by atoms with Crippen molar-refractivity contribution in [2.75, 3.05) is 0 Å². The monoisotopic (exact) mass is 173 g/mol. The first-order valence-corrected chi connectivity index (χ1v) is 4.10. The summed E-state index contributed by atoms with van der Waals surface area (Å²) in [6, 6.07) is 5.60. The van der Waals surface area contributed by atoms with Crippen LogP contribution in [0.2, 0.25) is 0 Å². The number of aryl methyl sites for hydroxylation is 1. The zero-order valence-electron chi connectivity index (χ0n) is 7.79. The second kappa shape index (κ2) is 3.86. The normalized spacial score (nSPS) is 9.31. The first kappa shape index (κ1) is 9.47. The van der Waals surface area contributed by atoms with Crippen LogP contribution >= 0.6 is 0 Å². The molecule has 1 aromatic carbocycles. The molecule has 1 rings (SSSR count). The standard InChI is InChI=1S/C11H11NO/c1-8-5-4-6-10(7-9(2)13)11(8)12-3/h4-6H,7H2,1-2H3. The van der Waals surface area contributed by atoms with Crippen LogP contribution < -0.4 is 0 Å². The highest BCUT2D eigenvalue weighted by molar-refractivity contribution is 5.80. The Morgan fingerprint density at radius 2 is 2.23 bits per heavy atom. The summed E-state index contributed by atoms with van der Waals surface area (Å²) >= 11 is 0. The number of carbonyl (C=O) groups is 1. The van der Waals surface area contributed by atoms with Crippen molar-refractivity contribution in [2.45, 2.75) is 20.3 Å². The quantitative estimate of drug-likeness (QED) is 0.630. The molecule has 1 aromatic rings. The van der Waals surface area contributed by atoms with Gasteiger partial charge in [0, 0.05) is 6.42 Å². The fourth-order valence-electron chi connectivity index (χ4n) is 1.29. The van der Waals surface area contributed by atoms with E-state index in [4.69, 9.17) is 6.57 Å². The van der Waals surface area contributed by atoms with Crippen molar-refractivity contribution in [1.29, 1.82) is 0 Å². The van der Waals surface area contributed by atoms with E-state index in [1.165, 1.54) is 6.92 Å². The maximum Gasteiger partial charge on any atom is 0.193 e. The van der Waals surface area contributed by atoms with Gasteiger partial charge in [-0.25, -0.2) is 4.85 Å². The summed E-state index contributed by atoms with van der Waals surface area (Å²) < 4.78 is 0. The molecule has 0 atom stereocenters. The minimum absolute atomic E-state index is 0.0931. The molecule has 0 saturated heterocycles. The minimum atomic E-state index is 0.0931. The van der Waals surface area contributed by atoms with Crippen LogP contribution in [0, 0.1) is 13.5 Å². The summed E-state index contributed by atoms with van der Waals surface area (Å²) in [5.74, 6) is 0.0931. The third-order valence-electron chi connectivity index (χ3n) is 1.87. The molecule has 0 bridgehead atoms. The smallest absolute Gasteiger partial charge is 0.193 e. The number of Topliss-reactive ketones (excluding diaryl/α,β-unsaturated/α-hetero) is 1. The molecule has 0 aliphatic rings. The molecule has 2 nitrogen and oxygen atoms in total. The van der Waals surface area contributed by atoms with Gasteiger partial charge < -0.3 is 0 Å². The first-order valence-electron chi connectivity index (χ1n) is 4.10.